The summed E-state index contributed by atoms with van der Waals surface area (Å²) in [5.74, 6) is 0.456. The van der Waals surface area contributed by atoms with Crippen LogP contribution < -0.4 is 10.6 Å². The van der Waals surface area contributed by atoms with Gasteiger partial charge in [0, 0.05) is 30.2 Å². The molecular formula is C18H19ClN2O2S. The Morgan fingerprint density at radius 3 is 2.38 bits per heavy atom. The molecule has 0 aliphatic carbocycles. The highest BCUT2D eigenvalue weighted by Gasteiger charge is 2.09. The van der Waals surface area contributed by atoms with Crippen LogP contribution in [0.25, 0.3) is 0 Å². The lowest BCUT2D eigenvalue weighted by Crippen LogP contribution is -2.31. The van der Waals surface area contributed by atoms with Crippen LogP contribution in [0.15, 0.2) is 59.5 Å². The molecule has 0 bridgehead atoms. The van der Waals surface area contributed by atoms with E-state index in [0.29, 0.717) is 17.1 Å². The lowest BCUT2D eigenvalue weighted by Gasteiger charge is -2.07. The molecule has 0 radical (unpaired) electrons. The second-order valence-corrected chi connectivity index (χ2v) is 6.57. The fourth-order valence-electron chi connectivity index (χ4n) is 1.99. The van der Waals surface area contributed by atoms with Crippen LogP contribution in [0.4, 0.5) is 0 Å². The highest BCUT2D eigenvalue weighted by molar-refractivity contribution is 7.99. The van der Waals surface area contributed by atoms with E-state index in [1.807, 2.05) is 30.3 Å². The number of halogens is 1. The summed E-state index contributed by atoms with van der Waals surface area (Å²) < 4.78 is 0. The van der Waals surface area contributed by atoms with E-state index in [2.05, 4.69) is 10.6 Å². The van der Waals surface area contributed by atoms with E-state index in [1.165, 1.54) is 4.90 Å². The van der Waals surface area contributed by atoms with Crippen molar-refractivity contribution < 1.29 is 9.59 Å². The van der Waals surface area contributed by atoms with Gasteiger partial charge in [-0.25, -0.2) is 0 Å². The van der Waals surface area contributed by atoms with Gasteiger partial charge in [-0.1, -0.05) is 41.9 Å². The molecule has 6 heteroatoms. The number of hydrogen-bond acceptors (Lipinski definition) is 3. The smallest absolute Gasteiger partial charge is 0.252 e. The van der Waals surface area contributed by atoms with Gasteiger partial charge in [0.25, 0.3) is 5.91 Å². The molecule has 0 fully saturated rings. The van der Waals surface area contributed by atoms with Crippen LogP contribution in [-0.4, -0.2) is 30.7 Å². The third-order valence-electron chi connectivity index (χ3n) is 3.19. The zero-order valence-electron chi connectivity index (χ0n) is 13.1. The van der Waals surface area contributed by atoms with E-state index < -0.39 is 0 Å². The van der Waals surface area contributed by atoms with E-state index in [9.17, 15) is 9.59 Å². The summed E-state index contributed by atoms with van der Waals surface area (Å²) in [4.78, 5) is 24.9. The molecule has 0 atom stereocenters. The molecule has 0 heterocycles. The predicted molar refractivity (Wildman–Crippen MR) is 98.6 cm³/mol. The van der Waals surface area contributed by atoms with Gasteiger partial charge in [-0.3, -0.25) is 9.59 Å². The molecule has 0 aromatic heterocycles. The van der Waals surface area contributed by atoms with Crippen LogP contribution in [0, 0.1) is 0 Å². The maximum absolute atomic E-state index is 11.9. The number of carbonyl (C=O) groups excluding carboxylic acids is 2. The van der Waals surface area contributed by atoms with E-state index >= 15 is 0 Å². The number of rotatable bonds is 8. The molecule has 0 saturated heterocycles. The molecule has 2 N–H and O–H groups in total. The van der Waals surface area contributed by atoms with Crippen molar-refractivity contribution in [1.29, 1.82) is 0 Å². The van der Waals surface area contributed by atoms with Crippen molar-refractivity contribution in [1.82, 2.24) is 10.6 Å². The van der Waals surface area contributed by atoms with E-state index in [-0.39, 0.29) is 24.8 Å². The van der Waals surface area contributed by atoms with Gasteiger partial charge in [-0.05, 0) is 24.3 Å². The largest absolute Gasteiger partial charge is 0.355 e. The maximum atomic E-state index is 11.9. The Morgan fingerprint density at radius 1 is 0.917 bits per heavy atom. The van der Waals surface area contributed by atoms with Gasteiger partial charge >= 0.3 is 0 Å². The van der Waals surface area contributed by atoms with Crippen LogP contribution in [0.1, 0.15) is 16.8 Å². The molecule has 2 aromatic rings. The summed E-state index contributed by atoms with van der Waals surface area (Å²) in [6.07, 6.45) is 0.242. The number of nitrogens with one attached hydrogen (secondary N) is 2. The first-order valence-electron chi connectivity index (χ1n) is 7.64. The SMILES string of the molecule is O=C(CCNC(=O)c1ccccc1Cl)NCCSc1ccccc1. The van der Waals surface area contributed by atoms with Crippen molar-refractivity contribution in [2.75, 3.05) is 18.8 Å². The minimum Gasteiger partial charge on any atom is -0.355 e. The quantitative estimate of drug-likeness (QED) is 0.559. The average Bonchev–Trinajstić information content (AvgIpc) is 2.60. The summed E-state index contributed by atoms with van der Waals surface area (Å²) in [5.41, 5.74) is 0.416. The Kier molecular flexibility index (Phi) is 7.65. The van der Waals surface area contributed by atoms with Gasteiger partial charge in [-0.2, -0.15) is 0 Å². The van der Waals surface area contributed by atoms with Crippen LogP contribution in [0.3, 0.4) is 0 Å². The first-order valence-corrected chi connectivity index (χ1v) is 9.00. The summed E-state index contributed by atoms with van der Waals surface area (Å²) in [6, 6.07) is 16.9. The molecular weight excluding hydrogens is 344 g/mol. The standard InChI is InChI=1S/C18H19ClN2O2S/c19-16-9-5-4-8-15(16)18(23)21-11-10-17(22)20-12-13-24-14-6-2-1-3-7-14/h1-9H,10-13H2,(H,20,22)(H,21,23). The first-order chi connectivity index (χ1) is 11.7. The average molecular weight is 363 g/mol. The van der Waals surface area contributed by atoms with Gasteiger partial charge in [0.1, 0.15) is 0 Å². The van der Waals surface area contributed by atoms with Crippen molar-refractivity contribution >= 4 is 35.2 Å². The Hall–Kier alpha value is -1.98. The minimum absolute atomic E-state index is 0.0804. The van der Waals surface area contributed by atoms with Crippen molar-refractivity contribution in [2.24, 2.45) is 0 Å². The topological polar surface area (TPSA) is 58.2 Å². The van der Waals surface area contributed by atoms with Crippen molar-refractivity contribution in [3.8, 4) is 0 Å². The number of carbonyl (C=O) groups is 2. The van der Waals surface area contributed by atoms with Crippen LogP contribution in [-0.2, 0) is 4.79 Å². The molecule has 126 valence electrons. The van der Waals surface area contributed by atoms with E-state index in [1.54, 1.807) is 36.0 Å². The number of thioether (sulfide) groups is 1. The molecule has 24 heavy (non-hydrogen) atoms. The molecule has 2 rings (SSSR count). The van der Waals surface area contributed by atoms with Crippen LogP contribution in [0.5, 0.6) is 0 Å². The van der Waals surface area contributed by atoms with Crippen LogP contribution in [0.2, 0.25) is 5.02 Å². The summed E-state index contributed by atoms with van der Waals surface area (Å²) in [5, 5.41) is 5.94. The Morgan fingerprint density at radius 2 is 1.62 bits per heavy atom. The van der Waals surface area contributed by atoms with Crippen molar-refractivity contribution in [3.05, 3.63) is 65.2 Å². The lowest BCUT2D eigenvalue weighted by atomic mass is 10.2. The van der Waals surface area contributed by atoms with E-state index in [0.717, 1.165) is 5.75 Å². The molecule has 0 unspecified atom stereocenters. The Labute approximate surface area is 151 Å². The molecule has 2 aromatic carbocycles. The third kappa shape index (κ3) is 6.26. The molecule has 4 nitrogen and oxygen atoms in total. The van der Waals surface area contributed by atoms with Crippen LogP contribution >= 0.6 is 23.4 Å². The van der Waals surface area contributed by atoms with Gasteiger partial charge in [-0.15, -0.1) is 11.8 Å². The zero-order valence-corrected chi connectivity index (χ0v) is 14.7. The Bertz CT molecular complexity index is 680. The highest BCUT2D eigenvalue weighted by atomic mass is 35.5. The summed E-state index contributed by atoms with van der Waals surface area (Å²) >= 11 is 7.64. The normalized spacial score (nSPS) is 10.2. The zero-order chi connectivity index (χ0) is 17.2. The maximum Gasteiger partial charge on any atom is 0.252 e. The number of hydrogen-bond donors (Lipinski definition) is 2. The molecule has 0 aliphatic rings. The number of benzene rings is 2. The second-order valence-electron chi connectivity index (χ2n) is 5.00. The van der Waals surface area contributed by atoms with Gasteiger partial charge < -0.3 is 10.6 Å². The summed E-state index contributed by atoms with van der Waals surface area (Å²) in [7, 11) is 0. The van der Waals surface area contributed by atoms with E-state index in [4.69, 9.17) is 11.6 Å². The second kappa shape index (κ2) is 10.0. The lowest BCUT2D eigenvalue weighted by molar-refractivity contribution is -0.120. The molecule has 0 aliphatic heterocycles. The van der Waals surface area contributed by atoms with Crippen molar-refractivity contribution in [2.45, 2.75) is 11.3 Å². The van der Waals surface area contributed by atoms with Gasteiger partial charge in [0.2, 0.25) is 5.91 Å². The first kappa shape index (κ1) is 18.4. The predicted octanol–water partition coefficient (Wildman–Crippen LogP) is 3.37. The molecule has 0 spiro atoms. The number of amides is 2. The highest BCUT2D eigenvalue weighted by Crippen LogP contribution is 2.16. The molecule has 0 saturated carbocycles. The fourth-order valence-corrected chi connectivity index (χ4v) is 3.01. The monoisotopic (exact) mass is 362 g/mol. The van der Waals surface area contributed by atoms with Crippen molar-refractivity contribution in [3.63, 3.8) is 0 Å². The summed E-state index contributed by atoms with van der Waals surface area (Å²) in [6.45, 7) is 0.874. The Balaban J connectivity index is 1.60. The van der Waals surface area contributed by atoms with Gasteiger partial charge in [0.05, 0.1) is 10.6 Å². The fraction of sp³-hybridized carbons (Fsp3) is 0.222. The van der Waals surface area contributed by atoms with Gasteiger partial charge in [0.15, 0.2) is 0 Å². The molecule has 2 amide bonds. The minimum atomic E-state index is -0.270. The third-order valence-corrected chi connectivity index (χ3v) is 4.54.